The van der Waals surface area contributed by atoms with Crippen molar-refractivity contribution in [1.29, 1.82) is 0 Å². The summed E-state index contributed by atoms with van der Waals surface area (Å²) >= 11 is 0. The molecule has 1 aromatic carbocycles. The van der Waals surface area contributed by atoms with E-state index in [-0.39, 0.29) is 16.7 Å². The number of rotatable bonds is 1. The largest absolute Gasteiger partial charge is 0.412 e. The van der Waals surface area contributed by atoms with Gasteiger partial charge in [-0.05, 0) is 6.92 Å². The van der Waals surface area contributed by atoms with Crippen LogP contribution in [0, 0.1) is 0 Å². The van der Waals surface area contributed by atoms with Gasteiger partial charge in [0, 0.05) is 5.56 Å². The van der Waals surface area contributed by atoms with Crippen LogP contribution < -0.4 is 5.46 Å². The van der Waals surface area contributed by atoms with Crippen LogP contribution in [0.5, 0.6) is 0 Å². The highest BCUT2D eigenvalue weighted by Gasteiger charge is 1.94. The van der Waals surface area contributed by atoms with Gasteiger partial charge < -0.3 is 11.0 Å². The number of ketones is 1. The summed E-state index contributed by atoms with van der Waals surface area (Å²) in [6.45, 7) is 1.57. The summed E-state index contributed by atoms with van der Waals surface area (Å²) in [5, 5.41) is 0. The fourth-order valence-electron chi connectivity index (χ4n) is 0.788. The first kappa shape index (κ1) is 13.5. The van der Waals surface area contributed by atoms with E-state index in [0.717, 1.165) is 5.56 Å². The third kappa shape index (κ3) is 3.32. The average Bonchev–Trinajstić information content (AvgIpc) is 1.88. The monoisotopic (exact) mass is 168 g/mol. The van der Waals surface area contributed by atoms with Crippen molar-refractivity contribution in [3.05, 3.63) is 29.8 Å². The average molecular weight is 168 g/mol. The zero-order chi connectivity index (χ0) is 7.56. The van der Waals surface area contributed by atoms with E-state index in [4.69, 9.17) is 0 Å². The molecule has 0 saturated heterocycles. The van der Waals surface area contributed by atoms with Gasteiger partial charge in [-0.25, -0.2) is 0 Å². The van der Waals surface area contributed by atoms with E-state index >= 15 is 0 Å². The molecule has 0 amide bonds. The normalized spacial score (nSPS) is 7.75. The van der Waals surface area contributed by atoms with Gasteiger partial charge in [-0.15, -0.1) is 0 Å². The van der Waals surface area contributed by atoms with Gasteiger partial charge in [-0.1, -0.05) is 29.7 Å². The summed E-state index contributed by atoms with van der Waals surface area (Å²) in [7, 11) is 2.00. The Hall–Kier alpha value is -1.13. The maximum atomic E-state index is 10.8. The van der Waals surface area contributed by atoms with Gasteiger partial charge in [-0.3, -0.25) is 4.79 Å². The third-order valence-corrected chi connectivity index (χ3v) is 1.46. The number of carbonyl (C=O) groups is 1. The van der Waals surface area contributed by atoms with Crippen molar-refractivity contribution in [2.45, 2.75) is 6.92 Å². The molecule has 12 heavy (non-hydrogen) atoms. The van der Waals surface area contributed by atoms with E-state index in [0.29, 0.717) is 0 Å². The van der Waals surface area contributed by atoms with Gasteiger partial charge in [0.1, 0.15) is 7.85 Å². The lowest BCUT2D eigenvalue weighted by Gasteiger charge is -1.94. The molecule has 1 aromatic rings. The second-order valence-corrected chi connectivity index (χ2v) is 2.42. The van der Waals surface area contributed by atoms with Crippen molar-refractivity contribution in [2.24, 2.45) is 0 Å². The highest BCUT2D eigenvalue weighted by Crippen LogP contribution is 1.96. The molecule has 0 saturated carbocycles. The quantitative estimate of drug-likeness (QED) is 0.371. The molecule has 0 spiro atoms. The molecule has 0 fully saturated rings. The molecule has 1 rings (SSSR count). The Balaban J connectivity index is 0. The van der Waals surface area contributed by atoms with Gasteiger partial charge in [0.15, 0.2) is 5.78 Å². The lowest BCUT2D eigenvalue weighted by molar-refractivity contribution is 0.101. The van der Waals surface area contributed by atoms with E-state index in [1.54, 1.807) is 6.92 Å². The summed E-state index contributed by atoms with van der Waals surface area (Å²) < 4.78 is 0. The van der Waals surface area contributed by atoms with Crippen molar-refractivity contribution in [1.82, 2.24) is 0 Å². The molecule has 0 aliphatic carbocycles. The number of Topliss-reactive ketones (excluding diaryl/α,β-unsaturated/α-hetero) is 1. The summed E-state index contributed by atoms with van der Waals surface area (Å²) in [5.74, 6) is 0.125. The Kier molecular flexibility index (Phi) is 6.19. The van der Waals surface area contributed by atoms with Crippen molar-refractivity contribution < 1.29 is 15.7 Å². The maximum Gasteiger partial charge on any atom is 0.159 e. The fraction of sp³-hybridized carbons (Fsp3) is 0.125. The minimum atomic E-state index is 0. The second-order valence-electron chi connectivity index (χ2n) is 2.42. The van der Waals surface area contributed by atoms with Crippen LogP contribution in [0.1, 0.15) is 17.3 Å². The molecular formula is C8H13BO3. The van der Waals surface area contributed by atoms with Crippen molar-refractivity contribution >= 4 is 19.1 Å². The Morgan fingerprint density at radius 2 is 1.58 bits per heavy atom. The van der Waals surface area contributed by atoms with Crippen LogP contribution in [-0.4, -0.2) is 24.6 Å². The Morgan fingerprint density at radius 3 is 1.92 bits per heavy atom. The van der Waals surface area contributed by atoms with Crippen LogP contribution in [0.2, 0.25) is 0 Å². The Morgan fingerprint density at radius 1 is 1.17 bits per heavy atom. The molecule has 0 atom stereocenters. The predicted octanol–water partition coefficient (Wildman–Crippen LogP) is -1.50. The molecule has 0 aliphatic heterocycles. The fourth-order valence-corrected chi connectivity index (χ4v) is 0.788. The van der Waals surface area contributed by atoms with Gasteiger partial charge in [0.05, 0.1) is 0 Å². The van der Waals surface area contributed by atoms with Gasteiger partial charge in [0.2, 0.25) is 0 Å². The van der Waals surface area contributed by atoms with Crippen molar-refractivity contribution in [3.63, 3.8) is 0 Å². The number of hydrogen-bond acceptors (Lipinski definition) is 1. The summed E-state index contributed by atoms with van der Waals surface area (Å²) in [6.07, 6.45) is 0. The predicted molar refractivity (Wildman–Crippen MR) is 51.9 cm³/mol. The van der Waals surface area contributed by atoms with Gasteiger partial charge >= 0.3 is 0 Å². The molecule has 0 unspecified atom stereocenters. The number of hydrogen-bond donors (Lipinski definition) is 0. The summed E-state index contributed by atoms with van der Waals surface area (Å²) in [4.78, 5) is 10.8. The van der Waals surface area contributed by atoms with Crippen molar-refractivity contribution in [2.75, 3.05) is 0 Å². The Labute approximate surface area is 72.4 Å². The first-order valence-corrected chi connectivity index (χ1v) is 3.28. The van der Waals surface area contributed by atoms with E-state index in [1.807, 2.05) is 32.1 Å². The van der Waals surface area contributed by atoms with Crippen LogP contribution in [0.3, 0.4) is 0 Å². The van der Waals surface area contributed by atoms with E-state index in [9.17, 15) is 4.79 Å². The highest BCUT2D eigenvalue weighted by molar-refractivity contribution is 6.32. The van der Waals surface area contributed by atoms with Gasteiger partial charge in [0.25, 0.3) is 0 Å². The minimum absolute atomic E-state index is 0. The zero-order valence-electron chi connectivity index (χ0n) is 7.22. The standard InChI is InChI=1S/C8H9BO.2H2O/c1-6(10)7-2-4-8(9)5-3-7;;/h2-5H,9H2,1H3;2*1H2. The van der Waals surface area contributed by atoms with Crippen LogP contribution in [0.15, 0.2) is 24.3 Å². The SMILES string of the molecule is Bc1ccc(C(C)=O)cc1.O.O. The zero-order valence-corrected chi connectivity index (χ0v) is 7.22. The molecule has 0 aliphatic rings. The summed E-state index contributed by atoms with van der Waals surface area (Å²) in [6, 6.07) is 7.57. The van der Waals surface area contributed by atoms with Crippen LogP contribution in [0.4, 0.5) is 0 Å². The van der Waals surface area contributed by atoms with Crippen LogP contribution in [0.25, 0.3) is 0 Å². The minimum Gasteiger partial charge on any atom is -0.412 e. The molecule has 4 heteroatoms. The number of carbonyl (C=O) groups excluding carboxylic acids is 1. The molecule has 66 valence electrons. The molecule has 3 nitrogen and oxygen atoms in total. The lowest BCUT2D eigenvalue weighted by atomic mass is 9.95. The Bertz CT molecular complexity index is 243. The van der Waals surface area contributed by atoms with E-state index in [1.165, 1.54) is 5.46 Å². The maximum absolute atomic E-state index is 10.8. The van der Waals surface area contributed by atoms with E-state index in [2.05, 4.69) is 0 Å². The first-order chi connectivity index (χ1) is 4.70. The summed E-state index contributed by atoms with van der Waals surface area (Å²) in [5.41, 5.74) is 1.97. The topological polar surface area (TPSA) is 80.1 Å². The second kappa shape index (κ2) is 5.52. The van der Waals surface area contributed by atoms with E-state index < -0.39 is 0 Å². The van der Waals surface area contributed by atoms with Gasteiger partial charge in [-0.2, -0.15) is 0 Å². The number of benzene rings is 1. The molecule has 0 bridgehead atoms. The molecular weight excluding hydrogens is 155 g/mol. The molecule has 4 N–H and O–H groups in total. The first-order valence-electron chi connectivity index (χ1n) is 3.28. The smallest absolute Gasteiger partial charge is 0.159 e. The van der Waals surface area contributed by atoms with Crippen LogP contribution in [-0.2, 0) is 0 Å². The van der Waals surface area contributed by atoms with Crippen molar-refractivity contribution in [3.8, 4) is 0 Å². The molecule has 0 aromatic heterocycles. The molecule has 0 radical (unpaired) electrons. The highest BCUT2D eigenvalue weighted by atomic mass is 16.1. The third-order valence-electron chi connectivity index (χ3n) is 1.46. The lowest BCUT2D eigenvalue weighted by Crippen LogP contribution is -2.02. The molecule has 0 heterocycles. The van der Waals surface area contributed by atoms with Crippen LogP contribution >= 0.6 is 0 Å².